The predicted octanol–water partition coefficient (Wildman–Crippen LogP) is -0.161. The van der Waals surface area contributed by atoms with Crippen LogP contribution in [-0.4, -0.2) is 121 Å². The highest BCUT2D eigenvalue weighted by atomic mass is 32.2. The van der Waals surface area contributed by atoms with Crippen molar-refractivity contribution in [1.82, 2.24) is 9.80 Å². The summed E-state index contributed by atoms with van der Waals surface area (Å²) < 4.78 is 10.7. The van der Waals surface area contributed by atoms with Crippen LogP contribution in [0.3, 0.4) is 0 Å². The van der Waals surface area contributed by atoms with Gasteiger partial charge in [-0.1, -0.05) is 0 Å². The number of thioether (sulfide) groups is 2. The van der Waals surface area contributed by atoms with E-state index in [9.17, 15) is 10.2 Å². The smallest absolute Gasteiger partial charge is 0.0897 e. The lowest BCUT2D eigenvalue weighted by atomic mass is 10.3. The van der Waals surface area contributed by atoms with Crippen LogP contribution in [0.15, 0.2) is 0 Å². The Balaban J connectivity index is 1.43. The molecule has 0 radical (unpaired) electrons. The second-order valence-electron chi connectivity index (χ2n) is 6.19. The van der Waals surface area contributed by atoms with Crippen LogP contribution < -0.4 is 0 Å². The third-order valence-electron chi connectivity index (χ3n) is 4.33. The molecule has 2 aliphatic heterocycles. The summed E-state index contributed by atoms with van der Waals surface area (Å²) in [6, 6.07) is 0. The summed E-state index contributed by atoms with van der Waals surface area (Å²) in [4.78, 5) is 4.78. The monoisotopic (exact) mass is 380 g/mol. The Kier molecular flexibility index (Phi) is 11.0. The zero-order chi connectivity index (χ0) is 17.0. The molecule has 142 valence electrons. The third kappa shape index (κ3) is 8.71. The molecule has 6 nitrogen and oxygen atoms in total. The number of nitrogens with zero attached hydrogens (tertiary/aromatic N) is 2. The molecule has 0 aromatic heterocycles. The number of morpholine rings is 2. The summed E-state index contributed by atoms with van der Waals surface area (Å²) in [5, 5.41) is 20.1. The van der Waals surface area contributed by atoms with E-state index in [2.05, 4.69) is 9.80 Å². The van der Waals surface area contributed by atoms with Gasteiger partial charge in [-0.15, -0.1) is 0 Å². The van der Waals surface area contributed by atoms with Crippen molar-refractivity contribution in [3.63, 3.8) is 0 Å². The molecule has 24 heavy (non-hydrogen) atoms. The fourth-order valence-corrected chi connectivity index (χ4v) is 4.70. The fourth-order valence-electron chi connectivity index (χ4n) is 2.67. The number of rotatable bonds is 11. The van der Waals surface area contributed by atoms with Gasteiger partial charge in [0.1, 0.15) is 0 Å². The van der Waals surface area contributed by atoms with Gasteiger partial charge in [0.05, 0.1) is 38.6 Å². The Labute approximate surface area is 154 Å². The quantitative estimate of drug-likeness (QED) is 0.480. The maximum absolute atomic E-state index is 10.1. The first kappa shape index (κ1) is 20.8. The summed E-state index contributed by atoms with van der Waals surface area (Å²) in [6.45, 7) is 9.40. The minimum absolute atomic E-state index is 0.607. The maximum Gasteiger partial charge on any atom is 0.0897 e. The van der Waals surface area contributed by atoms with Crippen LogP contribution in [0.5, 0.6) is 0 Å². The fraction of sp³-hybridized carbons (Fsp3) is 1.00. The van der Waals surface area contributed by atoms with E-state index in [1.807, 2.05) is 0 Å². The first-order chi connectivity index (χ1) is 11.8. The zero-order valence-corrected chi connectivity index (χ0v) is 16.1. The molecule has 2 heterocycles. The highest BCUT2D eigenvalue weighted by Crippen LogP contribution is 2.12. The number of hydrogen-bond donors (Lipinski definition) is 2. The van der Waals surface area contributed by atoms with Crippen LogP contribution in [0.1, 0.15) is 0 Å². The molecule has 2 rings (SSSR count). The lowest BCUT2D eigenvalue weighted by Gasteiger charge is -2.27. The number of hydrogen-bond acceptors (Lipinski definition) is 8. The summed E-state index contributed by atoms with van der Waals surface area (Å²) in [6.07, 6.45) is -1.26. The number of ether oxygens (including phenoxy) is 2. The first-order valence-electron chi connectivity index (χ1n) is 8.87. The van der Waals surface area contributed by atoms with Gasteiger partial charge in [0, 0.05) is 62.3 Å². The van der Waals surface area contributed by atoms with Crippen LogP contribution in [-0.2, 0) is 9.47 Å². The SMILES string of the molecule is OC(CSCCN1CCOCC1)C(O)CSCCN1CCOCC1. The minimum atomic E-state index is -0.629. The van der Waals surface area contributed by atoms with Crippen LogP contribution in [0, 0.1) is 0 Å². The minimum Gasteiger partial charge on any atom is -0.390 e. The second kappa shape index (κ2) is 12.8. The highest BCUT2D eigenvalue weighted by molar-refractivity contribution is 7.99. The Morgan fingerprint density at radius 2 is 1.08 bits per heavy atom. The Hall–Kier alpha value is 0.460. The number of aliphatic hydroxyl groups is 2. The Bertz CT molecular complexity index is 286. The lowest BCUT2D eigenvalue weighted by Crippen LogP contribution is -2.38. The van der Waals surface area contributed by atoms with Crippen molar-refractivity contribution in [2.75, 3.05) is 88.7 Å². The molecule has 0 aromatic rings. The predicted molar refractivity (Wildman–Crippen MR) is 101 cm³/mol. The van der Waals surface area contributed by atoms with Gasteiger partial charge in [0.2, 0.25) is 0 Å². The van der Waals surface area contributed by atoms with E-state index in [4.69, 9.17) is 9.47 Å². The summed E-state index contributed by atoms with van der Waals surface area (Å²) in [7, 11) is 0. The molecule has 2 fully saturated rings. The van der Waals surface area contributed by atoms with Crippen molar-refractivity contribution in [2.45, 2.75) is 12.2 Å². The standard InChI is InChI=1S/C16H32N2O4S2/c19-15(13-23-11-5-17-1-7-21-8-2-17)16(20)14-24-12-6-18-3-9-22-10-4-18/h15-16,19-20H,1-14H2. The van der Waals surface area contributed by atoms with Gasteiger partial charge in [0.25, 0.3) is 0 Å². The van der Waals surface area contributed by atoms with Crippen LogP contribution in [0.25, 0.3) is 0 Å². The molecule has 2 saturated heterocycles. The van der Waals surface area contributed by atoms with Crippen LogP contribution in [0.2, 0.25) is 0 Å². The molecule has 0 amide bonds. The lowest BCUT2D eigenvalue weighted by molar-refractivity contribution is 0.0405. The van der Waals surface area contributed by atoms with E-state index in [1.54, 1.807) is 23.5 Å². The summed E-state index contributed by atoms with van der Waals surface area (Å²) >= 11 is 3.44. The summed E-state index contributed by atoms with van der Waals surface area (Å²) in [5.41, 5.74) is 0. The van der Waals surface area contributed by atoms with E-state index in [0.29, 0.717) is 11.5 Å². The molecule has 2 aliphatic rings. The van der Waals surface area contributed by atoms with Gasteiger partial charge in [0.15, 0.2) is 0 Å². The Morgan fingerprint density at radius 3 is 1.46 bits per heavy atom. The van der Waals surface area contributed by atoms with E-state index in [1.165, 1.54) is 0 Å². The normalized spacial score (nSPS) is 23.2. The molecule has 8 heteroatoms. The molecule has 0 bridgehead atoms. The molecule has 2 unspecified atom stereocenters. The Morgan fingerprint density at radius 1 is 0.708 bits per heavy atom. The average molecular weight is 381 g/mol. The molecule has 0 aromatic carbocycles. The molecule has 0 spiro atoms. The molecule has 2 N–H and O–H groups in total. The van der Waals surface area contributed by atoms with Crippen molar-refractivity contribution < 1.29 is 19.7 Å². The first-order valence-corrected chi connectivity index (χ1v) is 11.2. The molecule has 2 atom stereocenters. The van der Waals surface area contributed by atoms with E-state index in [-0.39, 0.29) is 0 Å². The van der Waals surface area contributed by atoms with Gasteiger partial charge in [-0.05, 0) is 0 Å². The maximum atomic E-state index is 10.1. The van der Waals surface area contributed by atoms with Gasteiger partial charge in [-0.25, -0.2) is 0 Å². The van der Waals surface area contributed by atoms with Crippen LogP contribution >= 0.6 is 23.5 Å². The van der Waals surface area contributed by atoms with Gasteiger partial charge in [-0.2, -0.15) is 23.5 Å². The molecular formula is C16H32N2O4S2. The van der Waals surface area contributed by atoms with Gasteiger partial charge >= 0.3 is 0 Å². The van der Waals surface area contributed by atoms with Gasteiger partial charge < -0.3 is 19.7 Å². The second-order valence-corrected chi connectivity index (χ2v) is 8.49. The van der Waals surface area contributed by atoms with E-state index in [0.717, 1.165) is 77.2 Å². The van der Waals surface area contributed by atoms with E-state index < -0.39 is 12.2 Å². The third-order valence-corrected chi connectivity index (χ3v) is 6.43. The van der Waals surface area contributed by atoms with Crippen molar-refractivity contribution >= 4 is 23.5 Å². The van der Waals surface area contributed by atoms with Crippen molar-refractivity contribution in [1.29, 1.82) is 0 Å². The van der Waals surface area contributed by atoms with Crippen molar-refractivity contribution in [3.05, 3.63) is 0 Å². The van der Waals surface area contributed by atoms with Crippen LogP contribution in [0.4, 0.5) is 0 Å². The number of aliphatic hydroxyl groups excluding tert-OH is 2. The highest BCUT2D eigenvalue weighted by Gasteiger charge is 2.17. The molecule has 0 saturated carbocycles. The van der Waals surface area contributed by atoms with Crippen molar-refractivity contribution in [2.24, 2.45) is 0 Å². The van der Waals surface area contributed by atoms with Gasteiger partial charge in [-0.3, -0.25) is 9.80 Å². The average Bonchev–Trinajstić information content (AvgIpc) is 2.63. The van der Waals surface area contributed by atoms with Crippen molar-refractivity contribution in [3.8, 4) is 0 Å². The molecular weight excluding hydrogens is 348 g/mol. The zero-order valence-electron chi connectivity index (χ0n) is 14.5. The van der Waals surface area contributed by atoms with E-state index >= 15 is 0 Å². The summed E-state index contributed by atoms with van der Waals surface area (Å²) in [5.74, 6) is 3.20. The largest absolute Gasteiger partial charge is 0.390 e. The molecule has 0 aliphatic carbocycles. The topological polar surface area (TPSA) is 65.4 Å².